The Morgan fingerprint density at radius 2 is 2.11 bits per heavy atom. The van der Waals surface area contributed by atoms with Gasteiger partial charge in [0.15, 0.2) is 0 Å². The highest BCUT2D eigenvalue weighted by atomic mass is 35.5. The molecule has 0 heterocycles. The van der Waals surface area contributed by atoms with Crippen LogP contribution in [0, 0.1) is 5.82 Å². The molecule has 0 amide bonds. The van der Waals surface area contributed by atoms with Crippen LogP contribution in [0.2, 0.25) is 5.02 Å². The summed E-state index contributed by atoms with van der Waals surface area (Å²) in [5.41, 5.74) is 0. The Balaban J connectivity index is 2.98. The van der Waals surface area contributed by atoms with E-state index in [0.29, 0.717) is 6.42 Å². The molecule has 1 unspecified atom stereocenters. The Labute approximate surface area is 111 Å². The minimum absolute atomic E-state index is 0.140. The average Bonchev–Trinajstić information content (AvgIpc) is 2.24. The molecule has 102 valence electrons. The van der Waals surface area contributed by atoms with Gasteiger partial charge < -0.3 is 5.11 Å². The highest BCUT2D eigenvalue weighted by Crippen LogP contribution is 2.24. The van der Waals surface area contributed by atoms with Crippen LogP contribution in [0.3, 0.4) is 0 Å². The lowest BCUT2D eigenvalue weighted by Crippen LogP contribution is -2.29. The molecule has 0 aliphatic rings. The number of aliphatic hydroxyl groups excluding tert-OH is 1. The molecule has 7 heteroatoms. The quantitative estimate of drug-likeness (QED) is 0.902. The first kappa shape index (κ1) is 15.4. The molecule has 0 aromatic heterocycles. The summed E-state index contributed by atoms with van der Waals surface area (Å²) < 4.78 is 38.2. The predicted octanol–water partition coefficient (Wildman–Crippen LogP) is 1.87. The summed E-state index contributed by atoms with van der Waals surface area (Å²) in [7, 11) is -2.37. The van der Waals surface area contributed by atoms with Crippen LogP contribution in [0.1, 0.15) is 13.3 Å². The van der Waals surface area contributed by atoms with Crippen LogP contribution in [-0.2, 0) is 10.0 Å². The van der Waals surface area contributed by atoms with Gasteiger partial charge in [-0.3, -0.25) is 0 Å². The average molecular weight is 296 g/mol. The van der Waals surface area contributed by atoms with Crippen LogP contribution in [0.5, 0.6) is 0 Å². The maximum Gasteiger partial charge on any atom is 0.244 e. The fourth-order valence-corrected chi connectivity index (χ4v) is 3.03. The Hall–Kier alpha value is -0.690. The van der Waals surface area contributed by atoms with Crippen molar-refractivity contribution in [3.8, 4) is 0 Å². The highest BCUT2D eigenvalue weighted by molar-refractivity contribution is 7.89. The summed E-state index contributed by atoms with van der Waals surface area (Å²) in [6, 6.07) is 3.13. The van der Waals surface area contributed by atoms with Gasteiger partial charge in [0.05, 0.1) is 11.1 Å². The van der Waals surface area contributed by atoms with Crippen molar-refractivity contribution < 1.29 is 17.9 Å². The monoisotopic (exact) mass is 295 g/mol. The molecule has 1 aromatic carbocycles. The molecule has 4 nitrogen and oxygen atoms in total. The second kappa shape index (κ2) is 5.97. The standard InChI is InChI=1S/C11H15ClFNO3S/c1-8(15)5-6-14(2)18(16,17)11-4-3-9(13)7-10(11)12/h3-4,7-8,15H,5-6H2,1-2H3. The van der Waals surface area contributed by atoms with Crippen molar-refractivity contribution in [2.24, 2.45) is 0 Å². The molecule has 0 saturated carbocycles. The molecule has 1 N–H and O–H groups in total. The van der Waals surface area contributed by atoms with Gasteiger partial charge in [-0.05, 0) is 31.5 Å². The molecule has 0 fully saturated rings. The third-order valence-corrected chi connectivity index (χ3v) is 4.78. The van der Waals surface area contributed by atoms with Crippen molar-refractivity contribution in [3.05, 3.63) is 29.0 Å². The summed E-state index contributed by atoms with van der Waals surface area (Å²) in [4.78, 5) is -0.140. The van der Waals surface area contributed by atoms with Crippen molar-refractivity contribution in [2.75, 3.05) is 13.6 Å². The van der Waals surface area contributed by atoms with Gasteiger partial charge in [0.2, 0.25) is 10.0 Å². The molecule has 1 rings (SSSR count). The van der Waals surface area contributed by atoms with Gasteiger partial charge >= 0.3 is 0 Å². The normalized spacial score (nSPS) is 13.9. The van der Waals surface area contributed by atoms with Crippen molar-refractivity contribution in [1.82, 2.24) is 4.31 Å². The first-order valence-corrected chi connectivity index (χ1v) is 7.16. The second-order valence-electron chi connectivity index (χ2n) is 4.04. The van der Waals surface area contributed by atoms with E-state index in [9.17, 15) is 12.8 Å². The lowest BCUT2D eigenvalue weighted by Gasteiger charge is -2.18. The molecule has 0 aliphatic heterocycles. The van der Waals surface area contributed by atoms with Crippen molar-refractivity contribution in [3.63, 3.8) is 0 Å². The smallest absolute Gasteiger partial charge is 0.244 e. The maximum absolute atomic E-state index is 12.9. The molecule has 1 atom stereocenters. The van der Waals surface area contributed by atoms with E-state index in [1.54, 1.807) is 6.92 Å². The maximum atomic E-state index is 12.9. The summed E-state index contributed by atoms with van der Waals surface area (Å²) in [6.45, 7) is 1.74. The Bertz CT molecular complexity index is 519. The van der Waals surface area contributed by atoms with Crippen molar-refractivity contribution >= 4 is 21.6 Å². The molecule has 0 aliphatic carbocycles. The molecule has 1 aromatic rings. The summed E-state index contributed by atoms with van der Waals surface area (Å²) in [5.74, 6) is -0.592. The van der Waals surface area contributed by atoms with Gasteiger partial charge in [-0.1, -0.05) is 11.6 Å². The number of nitrogens with zero attached hydrogens (tertiary/aromatic N) is 1. The molecular weight excluding hydrogens is 281 g/mol. The third kappa shape index (κ3) is 3.65. The van der Waals surface area contributed by atoms with Crippen LogP contribution in [-0.4, -0.2) is 37.5 Å². The first-order valence-electron chi connectivity index (χ1n) is 5.34. The number of hydrogen-bond acceptors (Lipinski definition) is 3. The number of rotatable bonds is 5. The zero-order chi connectivity index (χ0) is 13.9. The van der Waals surface area contributed by atoms with Gasteiger partial charge in [0.1, 0.15) is 10.7 Å². The minimum atomic E-state index is -3.76. The zero-order valence-corrected chi connectivity index (χ0v) is 11.7. The van der Waals surface area contributed by atoms with Crippen LogP contribution in [0.25, 0.3) is 0 Å². The van der Waals surface area contributed by atoms with Gasteiger partial charge in [-0.25, -0.2) is 17.1 Å². The van der Waals surface area contributed by atoms with E-state index in [1.165, 1.54) is 7.05 Å². The summed E-state index contributed by atoms with van der Waals surface area (Å²) in [5, 5.41) is 8.98. The van der Waals surface area contributed by atoms with Crippen LogP contribution in [0.4, 0.5) is 4.39 Å². The topological polar surface area (TPSA) is 57.6 Å². The van der Waals surface area contributed by atoms with Crippen LogP contribution < -0.4 is 0 Å². The lowest BCUT2D eigenvalue weighted by molar-refractivity contribution is 0.177. The molecule has 18 heavy (non-hydrogen) atoms. The number of sulfonamides is 1. The minimum Gasteiger partial charge on any atom is -0.393 e. The summed E-state index contributed by atoms with van der Waals surface area (Å²) in [6.07, 6.45) is -0.277. The van der Waals surface area contributed by atoms with Gasteiger partial charge in [-0.2, -0.15) is 0 Å². The van der Waals surface area contributed by atoms with E-state index in [2.05, 4.69) is 0 Å². The molecule has 0 bridgehead atoms. The first-order chi connectivity index (χ1) is 8.25. The fourth-order valence-electron chi connectivity index (χ4n) is 1.34. The van der Waals surface area contributed by atoms with Crippen molar-refractivity contribution in [2.45, 2.75) is 24.3 Å². The third-order valence-electron chi connectivity index (χ3n) is 2.44. The Kier molecular flexibility index (Phi) is 5.10. The van der Waals surface area contributed by atoms with Gasteiger partial charge in [0.25, 0.3) is 0 Å². The van der Waals surface area contributed by atoms with Crippen molar-refractivity contribution in [1.29, 1.82) is 0 Å². The highest BCUT2D eigenvalue weighted by Gasteiger charge is 2.23. The van der Waals surface area contributed by atoms with Crippen LogP contribution in [0.15, 0.2) is 23.1 Å². The van der Waals surface area contributed by atoms with E-state index in [-0.39, 0.29) is 16.5 Å². The summed E-state index contributed by atoms with van der Waals surface area (Å²) >= 11 is 5.73. The number of hydrogen-bond donors (Lipinski definition) is 1. The second-order valence-corrected chi connectivity index (χ2v) is 6.46. The van der Waals surface area contributed by atoms with E-state index >= 15 is 0 Å². The largest absolute Gasteiger partial charge is 0.393 e. The zero-order valence-electron chi connectivity index (χ0n) is 10.1. The van der Waals surface area contributed by atoms with Crippen LogP contribution >= 0.6 is 11.6 Å². The van der Waals surface area contributed by atoms with E-state index in [1.807, 2.05) is 0 Å². The lowest BCUT2D eigenvalue weighted by atomic mass is 10.3. The number of benzene rings is 1. The molecule has 0 saturated heterocycles. The van der Waals surface area contributed by atoms with E-state index in [0.717, 1.165) is 22.5 Å². The SMILES string of the molecule is CC(O)CCN(C)S(=O)(=O)c1ccc(F)cc1Cl. The molecule has 0 spiro atoms. The number of aliphatic hydroxyl groups is 1. The van der Waals surface area contributed by atoms with Gasteiger partial charge in [-0.15, -0.1) is 0 Å². The molecular formula is C11H15ClFNO3S. The Morgan fingerprint density at radius 3 is 2.61 bits per heavy atom. The van der Waals surface area contributed by atoms with E-state index < -0.39 is 21.9 Å². The predicted molar refractivity (Wildman–Crippen MR) is 67.5 cm³/mol. The Morgan fingerprint density at radius 1 is 1.50 bits per heavy atom. The van der Waals surface area contributed by atoms with E-state index in [4.69, 9.17) is 16.7 Å². The molecule has 0 radical (unpaired) electrons. The number of halogens is 2. The van der Waals surface area contributed by atoms with Gasteiger partial charge in [0, 0.05) is 13.6 Å². The fraction of sp³-hybridized carbons (Fsp3) is 0.455.